The minimum atomic E-state index is -0.616. The summed E-state index contributed by atoms with van der Waals surface area (Å²) in [5, 5.41) is 10.3. The van der Waals surface area contributed by atoms with Gasteiger partial charge < -0.3 is 5.11 Å². The fraction of sp³-hybridized carbons (Fsp3) is 0.250. The van der Waals surface area contributed by atoms with Gasteiger partial charge in [0.1, 0.15) is 5.82 Å². The van der Waals surface area contributed by atoms with Gasteiger partial charge in [-0.15, -0.1) is 0 Å². The molecule has 0 saturated heterocycles. The van der Waals surface area contributed by atoms with E-state index in [2.05, 4.69) is 15.9 Å². The Kier molecular flexibility index (Phi) is 4.38. The van der Waals surface area contributed by atoms with Crippen molar-refractivity contribution >= 4 is 15.9 Å². The van der Waals surface area contributed by atoms with Crippen LogP contribution in [0.4, 0.5) is 4.39 Å². The van der Waals surface area contributed by atoms with Crippen molar-refractivity contribution in [2.45, 2.75) is 26.4 Å². The maximum atomic E-state index is 13.3. The molecule has 1 atom stereocenters. The minimum absolute atomic E-state index is 0.294. The van der Waals surface area contributed by atoms with Crippen molar-refractivity contribution < 1.29 is 9.50 Å². The lowest BCUT2D eigenvalue weighted by Gasteiger charge is -2.14. The van der Waals surface area contributed by atoms with E-state index in [9.17, 15) is 9.50 Å². The third-order valence-corrected chi connectivity index (χ3v) is 3.59. The van der Waals surface area contributed by atoms with Gasteiger partial charge in [0.15, 0.2) is 0 Å². The Morgan fingerprint density at radius 3 is 2.53 bits per heavy atom. The molecule has 0 fully saturated rings. The van der Waals surface area contributed by atoms with Crippen LogP contribution in [0.15, 0.2) is 40.9 Å². The first-order chi connectivity index (χ1) is 8.95. The summed E-state index contributed by atoms with van der Waals surface area (Å²) in [4.78, 5) is 0. The van der Waals surface area contributed by atoms with Gasteiger partial charge in [-0.1, -0.05) is 39.7 Å². The molecule has 0 amide bonds. The molecule has 0 radical (unpaired) electrons. The van der Waals surface area contributed by atoms with E-state index in [1.165, 1.54) is 17.7 Å². The van der Waals surface area contributed by atoms with E-state index in [0.29, 0.717) is 10.9 Å². The van der Waals surface area contributed by atoms with E-state index in [0.717, 1.165) is 16.7 Å². The van der Waals surface area contributed by atoms with Crippen LogP contribution in [0, 0.1) is 19.7 Å². The molecular weight excluding hydrogens is 307 g/mol. The average molecular weight is 323 g/mol. The first kappa shape index (κ1) is 14.2. The summed E-state index contributed by atoms with van der Waals surface area (Å²) < 4.78 is 14.0. The first-order valence-corrected chi connectivity index (χ1v) is 6.95. The number of aliphatic hydroxyl groups excluding tert-OH is 1. The molecule has 1 unspecified atom stereocenters. The SMILES string of the molecule is Cc1ccc(C(O)Cc2cc(F)cc(Br)c2)c(C)c1. The number of hydrogen-bond acceptors (Lipinski definition) is 1. The van der Waals surface area contributed by atoms with Crippen molar-refractivity contribution in [2.75, 3.05) is 0 Å². The molecule has 1 nitrogen and oxygen atoms in total. The molecule has 0 aliphatic heterocycles. The van der Waals surface area contributed by atoms with Crippen LogP contribution in [-0.4, -0.2) is 5.11 Å². The number of halogens is 2. The van der Waals surface area contributed by atoms with Gasteiger partial charge in [-0.2, -0.15) is 0 Å². The average Bonchev–Trinajstić information content (AvgIpc) is 2.26. The van der Waals surface area contributed by atoms with Crippen LogP contribution in [0.25, 0.3) is 0 Å². The van der Waals surface area contributed by atoms with Crippen LogP contribution < -0.4 is 0 Å². The lowest BCUT2D eigenvalue weighted by atomic mass is 9.96. The van der Waals surface area contributed by atoms with E-state index in [4.69, 9.17) is 0 Å². The van der Waals surface area contributed by atoms with Gasteiger partial charge in [0, 0.05) is 10.9 Å². The molecule has 0 heterocycles. The normalized spacial score (nSPS) is 12.5. The van der Waals surface area contributed by atoms with Crippen LogP contribution in [0.1, 0.15) is 28.4 Å². The summed E-state index contributed by atoms with van der Waals surface area (Å²) in [5.41, 5.74) is 3.90. The van der Waals surface area contributed by atoms with Gasteiger partial charge in [-0.25, -0.2) is 4.39 Å². The van der Waals surface area contributed by atoms with Crippen LogP contribution in [0.3, 0.4) is 0 Å². The Hall–Kier alpha value is -1.19. The number of hydrogen-bond donors (Lipinski definition) is 1. The molecule has 19 heavy (non-hydrogen) atoms. The van der Waals surface area contributed by atoms with Gasteiger partial charge in [0.2, 0.25) is 0 Å². The van der Waals surface area contributed by atoms with E-state index in [-0.39, 0.29) is 5.82 Å². The highest BCUT2D eigenvalue weighted by molar-refractivity contribution is 9.10. The molecule has 0 saturated carbocycles. The van der Waals surface area contributed by atoms with Crippen molar-refractivity contribution in [3.05, 3.63) is 68.9 Å². The fourth-order valence-electron chi connectivity index (χ4n) is 2.26. The highest BCUT2D eigenvalue weighted by atomic mass is 79.9. The molecule has 3 heteroatoms. The lowest BCUT2D eigenvalue weighted by molar-refractivity contribution is 0.177. The Labute approximate surface area is 121 Å². The minimum Gasteiger partial charge on any atom is -0.388 e. The van der Waals surface area contributed by atoms with Crippen LogP contribution in [0.2, 0.25) is 0 Å². The van der Waals surface area contributed by atoms with Gasteiger partial charge in [0.05, 0.1) is 6.10 Å². The lowest BCUT2D eigenvalue weighted by Crippen LogP contribution is -2.04. The maximum Gasteiger partial charge on any atom is 0.124 e. The van der Waals surface area contributed by atoms with Crippen molar-refractivity contribution in [3.63, 3.8) is 0 Å². The number of aryl methyl sites for hydroxylation is 2. The predicted octanol–water partition coefficient (Wildman–Crippen LogP) is 4.48. The van der Waals surface area contributed by atoms with Crippen LogP contribution in [0.5, 0.6) is 0 Å². The molecule has 1 N–H and O–H groups in total. The molecular formula is C16H16BrFO. The fourth-order valence-corrected chi connectivity index (χ4v) is 2.77. The summed E-state index contributed by atoms with van der Waals surface area (Å²) in [5.74, 6) is -0.294. The Morgan fingerprint density at radius 1 is 1.16 bits per heavy atom. The predicted molar refractivity (Wildman–Crippen MR) is 78.7 cm³/mol. The van der Waals surface area contributed by atoms with Gasteiger partial charge in [-0.3, -0.25) is 0 Å². The van der Waals surface area contributed by atoms with Gasteiger partial charge in [0.25, 0.3) is 0 Å². The zero-order valence-electron chi connectivity index (χ0n) is 11.0. The van der Waals surface area contributed by atoms with Crippen LogP contribution >= 0.6 is 15.9 Å². The largest absolute Gasteiger partial charge is 0.388 e. The van der Waals surface area contributed by atoms with Crippen molar-refractivity contribution in [3.8, 4) is 0 Å². The zero-order chi connectivity index (χ0) is 14.0. The molecule has 0 spiro atoms. The van der Waals surface area contributed by atoms with E-state index < -0.39 is 6.10 Å². The number of benzene rings is 2. The summed E-state index contributed by atoms with van der Waals surface area (Å²) in [6.07, 6.45) is -0.213. The Bertz CT molecular complexity index is 575. The molecule has 100 valence electrons. The topological polar surface area (TPSA) is 20.2 Å². The van der Waals surface area contributed by atoms with E-state index in [1.807, 2.05) is 38.1 Å². The zero-order valence-corrected chi connectivity index (χ0v) is 12.5. The first-order valence-electron chi connectivity index (χ1n) is 6.16. The third-order valence-electron chi connectivity index (χ3n) is 3.14. The Balaban J connectivity index is 2.22. The molecule has 2 rings (SSSR count). The number of aliphatic hydroxyl groups is 1. The van der Waals surface area contributed by atoms with E-state index in [1.54, 1.807) is 0 Å². The second kappa shape index (κ2) is 5.85. The highest BCUT2D eigenvalue weighted by Crippen LogP contribution is 2.24. The molecule has 0 bridgehead atoms. The summed E-state index contributed by atoms with van der Waals surface area (Å²) in [7, 11) is 0. The van der Waals surface area contributed by atoms with Crippen molar-refractivity contribution in [1.29, 1.82) is 0 Å². The quantitative estimate of drug-likeness (QED) is 0.883. The van der Waals surface area contributed by atoms with E-state index >= 15 is 0 Å². The molecule has 0 aromatic heterocycles. The molecule has 2 aromatic rings. The summed E-state index contributed by atoms with van der Waals surface area (Å²) in [6.45, 7) is 4.00. The van der Waals surface area contributed by atoms with Crippen molar-refractivity contribution in [1.82, 2.24) is 0 Å². The molecule has 0 aliphatic carbocycles. The van der Waals surface area contributed by atoms with Gasteiger partial charge >= 0.3 is 0 Å². The maximum absolute atomic E-state index is 13.3. The second-order valence-corrected chi connectivity index (χ2v) is 5.77. The second-order valence-electron chi connectivity index (χ2n) is 4.86. The third kappa shape index (κ3) is 3.64. The summed E-state index contributed by atoms with van der Waals surface area (Å²) >= 11 is 3.26. The van der Waals surface area contributed by atoms with Crippen LogP contribution in [-0.2, 0) is 6.42 Å². The monoisotopic (exact) mass is 322 g/mol. The molecule has 2 aromatic carbocycles. The van der Waals surface area contributed by atoms with Crippen molar-refractivity contribution in [2.24, 2.45) is 0 Å². The Morgan fingerprint density at radius 2 is 1.89 bits per heavy atom. The standard InChI is InChI=1S/C16H16BrFO/c1-10-3-4-15(11(2)5-10)16(19)8-12-6-13(17)9-14(18)7-12/h3-7,9,16,19H,8H2,1-2H3. The van der Waals surface area contributed by atoms with Gasteiger partial charge in [-0.05, 0) is 48.7 Å². The smallest absolute Gasteiger partial charge is 0.124 e. The number of rotatable bonds is 3. The highest BCUT2D eigenvalue weighted by Gasteiger charge is 2.12. The molecule has 0 aliphatic rings. The summed E-state index contributed by atoms with van der Waals surface area (Å²) in [6, 6.07) is 10.6.